The third kappa shape index (κ3) is 5.77. The largest absolute Gasteiger partial charge is 0.493 e. The lowest BCUT2D eigenvalue weighted by atomic mass is 10.2. The summed E-state index contributed by atoms with van der Waals surface area (Å²) < 4.78 is 3.15. The number of anilines is 3. The molecule has 1 aliphatic rings. The normalized spacial score (nSPS) is 13.2. The second-order valence-corrected chi connectivity index (χ2v) is 9.46. The molecule has 14 heteroatoms. The van der Waals surface area contributed by atoms with Crippen LogP contribution in [0.3, 0.4) is 0 Å². The number of nitrogens with one attached hydrogen (secondary N) is 3. The molecule has 0 aliphatic carbocycles. The van der Waals surface area contributed by atoms with Crippen LogP contribution in [0.25, 0.3) is 5.69 Å². The van der Waals surface area contributed by atoms with Gasteiger partial charge in [-0.1, -0.05) is 17.8 Å². The van der Waals surface area contributed by atoms with Gasteiger partial charge in [0.05, 0.1) is 16.4 Å². The van der Waals surface area contributed by atoms with Crippen LogP contribution in [0.2, 0.25) is 0 Å². The molecule has 0 saturated carbocycles. The molecule has 0 atom stereocenters. The lowest BCUT2D eigenvalue weighted by Gasteiger charge is -2.14. The van der Waals surface area contributed by atoms with Crippen molar-refractivity contribution in [3.05, 3.63) is 51.6 Å². The van der Waals surface area contributed by atoms with E-state index in [2.05, 4.69) is 41.8 Å². The maximum atomic E-state index is 12.3. The summed E-state index contributed by atoms with van der Waals surface area (Å²) in [5, 5.41) is 18.9. The zero-order valence-electron chi connectivity index (χ0n) is 18.7. The van der Waals surface area contributed by atoms with E-state index in [1.165, 1.54) is 20.2 Å². The molecular weight excluding hydrogens is 540 g/mol. The SMILES string of the molecule is Cn1cc(O)n(-c2cccc(Nc3ncc(Br)c(NCCCNC(=O)N4CCSC4=O)n3)c2)c1=O. The van der Waals surface area contributed by atoms with Gasteiger partial charge in [-0.2, -0.15) is 4.98 Å². The predicted octanol–water partition coefficient (Wildman–Crippen LogP) is 2.86. The fraction of sp³-hybridized carbons (Fsp3) is 0.286. The number of aromatic hydroxyl groups is 1. The number of hydrogen-bond donors (Lipinski definition) is 4. The van der Waals surface area contributed by atoms with Gasteiger partial charge < -0.3 is 21.1 Å². The number of amides is 3. The van der Waals surface area contributed by atoms with Crippen LogP contribution in [0, 0.1) is 0 Å². The molecule has 2 aromatic heterocycles. The molecular formula is C21H23BrN8O4S. The van der Waals surface area contributed by atoms with Gasteiger partial charge >= 0.3 is 11.7 Å². The molecule has 1 fully saturated rings. The molecule has 1 aliphatic heterocycles. The second-order valence-electron chi connectivity index (χ2n) is 7.56. The van der Waals surface area contributed by atoms with Gasteiger partial charge in [0.25, 0.3) is 5.24 Å². The standard InChI is InChI=1S/C21H23BrN8O4S/c1-28-12-16(31)30(20(28)33)14-5-2-4-13(10-14)26-18-25-11-15(22)17(27-18)23-6-3-7-24-19(32)29-8-9-35-21(29)34/h2,4-5,10-12,31H,3,6-9H2,1H3,(H,24,32)(H2,23,25,26,27). The highest BCUT2D eigenvalue weighted by Crippen LogP contribution is 2.24. The molecule has 12 nitrogen and oxygen atoms in total. The number of thioether (sulfide) groups is 1. The first kappa shape index (κ1) is 24.6. The number of aryl methyl sites for hydroxylation is 1. The predicted molar refractivity (Wildman–Crippen MR) is 137 cm³/mol. The Morgan fingerprint density at radius 3 is 2.83 bits per heavy atom. The van der Waals surface area contributed by atoms with Crippen molar-refractivity contribution >= 4 is 56.4 Å². The number of rotatable bonds is 8. The fourth-order valence-corrected chi connectivity index (χ4v) is 4.46. The van der Waals surface area contributed by atoms with E-state index in [0.29, 0.717) is 59.4 Å². The highest BCUT2D eigenvalue weighted by molar-refractivity contribution is 9.10. The van der Waals surface area contributed by atoms with Crippen LogP contribution in [0.4, 0.5) is 27.0 Å². The minimum absolute atomic E-state index is 0.164. The summed E-state index contributed by atoms with van der Waals surface area (Å²) in [5.74, 6) is 1.36. The molecule has 184 valence electrons. The maximum absolute atomic E-state index is 12.3. The Morgan fingerprint density at radius 1 is 1.29 bits per heavy atom. The number of carbonyl (C=O) groups excluding carboxylic acids is 2. The monoisotopic (exact) mass is 562 g/mol. The summed E-state index contributed by atoms with van der Waals surface area (Å²) in [7, 11) is 1.56. The summed E-state index contributed by atoms with van der Waals surface area (Å²) in [6, 6.07) is 6.57. The summed E-state index contributed by atoms with van der Waals surface area (Å²) in [6.07, 6.45) is 3.57. The van der Waals surface area contributed by atoms with Crippen molar-refractivity contribution in [1.82, 2.24) is 29.3 Å². The third-order valence-electron chi connectivity index (χ3n) is 5.06. The molecule has 1 aromatic carbocycles. The Bertz CT molecular complexity index is 1310. The van der Waals surface area contributed by atoms with E-state index in [4.69, 9.17) is 0 Å². The molecule has 0 unspecified atom stereocenters. The van der Waals surface area contributed by atoms with Gasteiger partial charge in [-0.25, -0.2) is 19.1 Å². The van der Waals surface area contributed by atoms with E-state index in [0.717, 1.165) is 11.8 Å². The van der Waals surface area contributed by atoms with Crippen LogP contribution in [0.15, 0.2) is 45.9 Å². The Morgan fingerprint density at radius 2 is 2.11 bits per heavy atom. The number of benzene rings is 1. The lowest BCUT2D eigenvalue weighted by Crippen LogP contribution is -2.40. The first-order valence-electron chi connectivity index (χ1n) is 10.7. The number of aromatic nitrogens is 4. The average Bonchev–Trinajstić information content (AvgIpc) is 3.37. The van der Waals surface area contributed by atoms with Gasteiger partial charge in [0.2, 0.25) is 11.8 Å². The number of halogens is 1. The molecule has 4 N–H and O–H groups in total. The van der Waals surface area contributed by atoms with Gasteiger partial charge in [-0.15, -0.1) is 0 Å². The van der Waals surface area contributed by atoms with Crippen molar-refractivity contribution in [2.45, 2.75) is 6.42 Å². The molecule has 0 radical (unpaired) electrons. The van der Waals surface area contributed by atoms with Crippen LogP contribution in [-0.4, -0.2) is 65.8 Å². The lowest BCUT2D eigenvalue weighted by molar-refractivity contribution is 0.204. The molecule has 3 amide bonds. The number of hydrogen-bond acceptors (Lipinski definition) is 9. The van der Waals surface area contributed by atoms with E-state index in [1.807, 2.05) is 0 Å². The van der Waals surface area contributed by atoms with Crippen molar-refractivity contribution in [2.24, 2.45) is 7.05 Å². The Kier molecular flexibility index (Phi) is 7.60. The van der Waals surface area contributed by atoms with E-state index in [-0.39, 0.29) is 22.8 Å². The summed E-state index contributed by atoms with van der Waals surface area (Å²) in [6.45, 7) is 1.37. The van der Waals surface area contributed by atoms with E-state index >= 15 is 0 Å². The molecule has 4 rings (SSSR count). The van der Waals surface area contributed by atoms with Gasteiger partial charge in [0.15, 0.2) is 0 Å². The second kappa shape index (κ2) is 10.8. The van der Waals surface area contributed by atoms with Crippen molar-refractivity contribution in [2.75, 3.05) is 36.0 Å². The first-order valence-corrected chi connectivity index (χ1v) is 12.4. The topological polar surface area (TPSA) is 146 Å². The van der Waals surface area contributed by atoms with Crippen LogP contribution in [-0.2, 0) is 7.05 Å². The minimum atomic E-state index is -0.372. The summed E-state index contributed by atoms with van der Waals surface area (Å²) in [5.41, 5.74) is 0.751. The maximum Gasteiger partial charge on any atom is 0.335 e. The number of imidazole rings is 1. The zero-order chi connectivity index (χ0) is 24.9. The highest BCUT2D eigenvalue weighted by atomic mass is 79.9. The van der Waals surface area contributed by atoms with Gasteiger partial charge in [0.1, 0.15) is 5.82 Å². The molecule has 3 aromatic rings. The van der Waals surface area contributed by atoms with E-state index < -0.39 is 0 Å². The smallest absolute Gasteiger partial charge is 0.335 e. The molecule has 35 heavy (non-hydrogen) atoms. The number of urea groups is 1. The Balaban J connectivity index is 1.34. The Labute approximate surface area is 212 Å². The number of imide groups is 1. The van der Waals surface area contributed by atoms with E-state index in [9.17, 15) is 19.5 Å². The number of nitrogens with zero attached hydrogens (tertiary/aromatic N) is 5. The van der Waals surface area contributed by atoms with Crippen molar-refractivity contribution in [1.29, 1.82) is 0 Å². The Hall–Kier alpha value is -3.52. The van der Waals surface area contributed by atoms with Crippen LogP contribution < -0.4 is 21.6 Å². The van der Waals surface area contributed by atoms with Crippen LogP contribution in [0.1, 0.15) is 6.42 Å². The third-order valence-corrected chi connectivity index (χ3v) is 6.50. The molecule has 1 saturated heterocycles. The first-order chi connectivity index (χ1) is 16.8. The fourth-order valence-electron chi connectivity index (χ4n) is 3.35. The summed E-state index contributed by atoms with van der Waals surface area (Å²) >= 11 is 4.56. The van der Waals surface area contributed by atoms with Crippen LogP contribution in [0.5, 0.6) is 5.88 Å². The zero-order valence-corrected chi connectivity index (χ0v) is 21.1. The highest BCUT2D eigenvalue weighted by Gasteiger charge is 2.26. The van der Waals surface area contributed by atoms with Crippen molar-refractivity contribution in [3.63, 3.8) is 0 Å². The minimum Gasteiger partial charge on any atom is -0.493 e. The van der Waals surface area contributed by atoms with Crippen molar-refractivity contribution in [3.8, 4) is 11.6 Å². The average molecular weight is 563 g/mol. The molecule has 3 heterocycles. The van der Waals surface area contributed by atoms with E-state index in [1.54, 1.807) is 37.5 Å². The quantitative estimate of drug-likeness (QED) is 0.304. The van der Waals surface area contributed by atoms with Gasteiger partial charge in [-0.3, -0.25) is 14.3 Å². The van der Waals surface area contributed by atoms with Crippen molar-refractivity contribution < 1.29 is 14.7 Å². The molecule has 0 bridgehead atoms. The van der Waals surface area contributed by atoms with Crippen LogP contribution >= 0.6 is 27.7 Å². The summed E-state index contributed by atoms with van der Waals surface area (Å²) in [4.78, 5) is 45.8. The number of carbonyl (C=O) groups is 2. The van der Waals surface area contributed by atoms with Gasteiger partial charge in [-0.05, 0) is 40.5 Å². The molecule has 0 spiro atoms. The van der Waals surface area contributed by atoms with Gasteiger partial charge in [0, 0.05) is 44.3 Å².